The van der Waals surface area contributed by atoms with Gasteiger partial charge in [-0.05, 0) is 105 Å². The first-order valence-corrected chi connectivity index (χ1v) is 14.6. The number of hydrogen-bond donors (Lipinski definition) is 4. The third kappa shape index (κ3) is 8.19. The maximum absolute atomic E-state index is 11.6. The van der Waals surface area contributed by atoms with Gasteiger partial charge in [-0.2, -0.15) is 0 Å². The molecule has 1 aliphatic heterocycles. The summed E-state index contributed by atoms with van der Waals surface area (Å²) in [5.74, 6) is 1.01. The summed E-state index contributed by atoms with van der Waals surface area (Å²) < 4.78 is 0. The molecular formula is C34H47BrN4O2. The van der Waals surface area contributed by atoms with Gasteiger partial charge in [-0.3, -0.25) is 20.5 Å². The summed E-state index contributed by atoms with van der Waals surface area (Å²) in [7, 11) is 1.82. The zero-order chi connectivity index (χ0) is 28.7. The molecule has 1 amide bonds. The smallest absolute Gasteiger partial charge is 0.251 e. The third-order valence-electron chi connectivity index (χ3n) is 8.74. The minimum absolute atomic E-state index is 0. The number of aromatic hydroxyl groups is 1. The van der Waals surface area contributed by atoms with Crippen molar-refractivity contribution < 1.29 is 9.90 Å². The van der Waals surface area contributed by atoms with Gasteiger partial charge in [0.2, 0.25) is 0 Å². The second kappa shape index (κ2) is 15.0. The number of piperidine rings is 1. The third-order valence-corrected chi connectivity index (χ3v) is 8.74. The Labute approximate surface area is 256 Å². The second-order valence-electron chi connectivity index (χ2n) is 11.8. The molecule has 0 spiro atoms. The average Bonchev–Trinajstić information content (AvgIpc) is 2.95. The van der Waals surface area contributed by atoms with Crippen LogP contribution in [0, 0.1) is 5.92 Å². The van der Waals surface area contributed by atoms with Crippen LogP contribution in [-0.4, -0.2) is 48.1 Å². The van der Waals surface area contributed by atoms with E-state index in [0.29, 0.717) is 23.3 Å². The van der Waals surface area contributed by atoms with Gasteiger partial charge in [-0.15, -0.1) is 17.0 Å². The molecule has 1 aliphatic carbocycles. The number of nitrogens with one attached hydrogen (secondary N) is 3. The van der Waals surface area contributed by atoms with Crippen LogP contribution in [0.15, 0.2) is 72.8 Å². The maximum Gasteiger partial charge on any atom is 0.251 e. The zero-order valence-corrected chi connectivity index (χ0v) is 26.8. The summed E-state index contributed by atoms with van der Waals surface area (Å²) in [6, 6.07) is 25.2. The summed E-state index contributed by atoms with van der Waals surface area (Å²) in [5.41, 5.74) is 12.1. The van der Waals surface area contributed by atoms with Gasteiger partial charge in [0.1, 0.15) is 5.75 Å². The van der Waals surface area contributed by atoms with Gasteiger partial charge in [0.15, 0.2) is 0 Å². The first-order chi connectivity index (χ1) is 19.2. The van der Waals surface area contributed by atoms with Crippen molar-refractivity contribution in [3.8, 4) is 5.75 Å². The van der Waals surface area contributed by atoms with Gasteiger partial charge in [0, 0.05) is 30.7 Å². The molecule has 0 saturated carbocycles. The van der Waals surface area contributed by atoms with Crippen molar-refractivity contribution in [1.82, 2.24) is 21.1 Å². The van der Waals surface area contributed by atoms with Gasteiger partial charge in [-0.1, -0.05) is 62.4 Å². The monoisotopic (exact) mass is 622 g/mol. The van der Waals surface area contributed by atoms with Crippen LogP contribution in [0.25, 0.3) is 0 Å². The van der Waals surface area contributed by atoms with E-state index in [-0.39, 0.29) is 34.3 Å². The fourth-order valence-corrected chi connectivity index (χ4v) is 6.20. The van der Waals surface area contributed by atoms with E-state index in [9.17, 15) is 9.90 Å². The molecule has 1 fully saturated rings. The van der Waals surface area contributed by atoms with Crippen LogP contribution in [0.1, 0.15) is 66.7 Å². The molecule has 0 aromatic heterocycles. The number of benzene rings is 3. The van der Waals surface area contributed by atoms with E-state index in [4.69, 9.17) is 0 Å². The number of hydrazine groups is 1. The first-order valence-electron chi connectivity index (χ1n) is 14.6. The van der Waals surface area contributed by atoms with Crippen molar-refractivity contribution in [3.63, 3.8) is 0 Å². The van der Waals surface area contributed by atoms with E-state index >= 15 is 0 Å². The number of rotatable bonds is 8. The Morgan fingerprint density at radius 2 is 1.76 bits per heavy atom. The molecule has 222 valence electrons. The van der Waals surface area contributed by atoms with Crippen molar-refractivity contribution in [2.24, 2.45) is 5.92 Å². The van der Waals surface area contributed by atoms with Gasteiger partial charge >= 0.3 is 0 Å². The van der Waals surface area contributed by atoms with Crippen molar-refractivity contribution >= 4 is 22.9 Å². The predicted molar refractivity (Wildman–Crippen MR) is 174 cm³/mol. The predicted octanol–water partition coefficient (Wildman–Crippen LogP) is 5.79. The van der Waals surface area contributed by atoms with Crippen molar-refractivity contribution in [2.75, 3.05) is 20.1 Å². The zero-order valence-electron chi connectivity index (χ0n) is 25.1. The van der Waals surface area contributed by atoms with Crippen LogP contribution >= 0.6 is 17.0 Å². The molecule has 4 N–H and O–H groups in total. The normalized spacial score (nSPS) is 21.2. The number of nitrogens with zero attached hydrogens (tertiary/aromatic N) is 1. The molecule has 6 nitrogen and oxygen atoms in total. The van der Waals surface area contributed by atoms with Crippen LogP contribution in [0.4, 0.5) is 0 Å². The number of hydrogen-bond acceptors (Lipinski definition) is 5. The van der Waals surface area contributed by atoms with Gasteiger partial charge in [-0.25, -0.2) is 0 Å². The molecule has 2 aliphatic rings. The summed E-state index contributed by atoms with van der Waals surface area (Å²) in [6.07, 6.45) is 3.42. The maximum atomic E-state index is 11.6. The Balaban J connectivity index is 0.000000240. The van der Waals surface area contributed by atoms with Crippen molar-refractivity contribution in [1.29, 1.82) is 0 Å². The Morgan fingerprint density at radius 1 is 1.05 bits per heavy atom. The number of phenolic OH excluding ortho intramolecular Hbond substituents is 1. The first kappa shape index (κ1) is 32.8. The average molecular weight is 624 g/mol. The van der Waals surface area contributed by atoms with Gasteiger partial charge in [0.25, 0.3) is 5.91 Å². The second-order valence-corrected chi connectivity index (χ2v) is 11.8. The molecule has 41 heavy (non-hydrogen) atoms. The number of phenols is 1. The van der Waals surface area contributed by atoms with E-state index in [2.05, 4.69) is 71.3 Å². The quantitative estimate of drug-likeness (QED) is 0.239. The number of halogens is 1. The Hall–Kier alpha value is -2.71. The van der Waals surface area contributed by atoms with E-state index in [1.807, 2.05) is 57.3 Å². The largest absolute Gasteiger partial charge is 0.508 e. The van der Waals surface area contributed by atoms with E-state index in [1.165, 1.54) is 23.1 Å². The molecule has 7 heteroatoms. The lowest BCUT2D eigenvalue weighted by atomic mass is 9.59. The van der Waals surface area contributed by atoms with Crippen molar-refractivity contribution in [3.05, 3.63) is 101 Å². The minimum Gasteiger partial charge on any atom is -0.508 e. The molecule has 1 heterocycles. The molecule has 3 aromatic rings. The standard InChI is InChI=1S/C22H27NO.C12H19N3O.BrH/c1-16-21-14-18-8-9-19(24)15-20(18)22(16,2)11-13-23(21)12-10-17-6-4-3-5-7-17;1-9(2)15-12(16)11-6-4-10(5-7-11)8-14-13-3;/h3-9,15-16,21,24H,10-14H2,1-2H3;4-7,9,13-14H,8H2,1-3H3,(H,15,16);1H. The number of likely N-dealkylation sites (tertiary alicyclic amines) is 1. The number of amides is 1. The summed E-state index contributed by atoms with van der Waals surface area (Å²) in [4.78, 5) is 14.3. The molecule has 3 unspecified atom stereocenters. The van der Waals surface area contributed by atoms with E-state index < -0.39 is 0 Å². The number of carbonyl (C=O) groups excluding carboxylic acids is 1. The summed E-state index contributed by atoms with van der Waals surface area (Å²) in [6.45, 7) is 11.7. The van der Waals surface area contributed by atoms with Crippen LogP contribution in [0.3, 0.4) is 0 Å². The lowest BCUT2D eigenvalue weighted by Crippen LogP contribution is -2.58. The highest BCUT2D eigenvalue weighted by Crippen LogP contribution is 2.49. The van der Waals surface area contributed by atoms with Gasteiger partial charge in [0.05, 0.1) is 0 Å². The SMILES string of the molecule is Br.CC1C2Cc3ccc(O)cc3C1(C)CCN2CCc1ccccc1.CNNCc1ccc(C(=O)NC(C)C)cc1. The molecule has 3 atom stereocenters. The molecule has 1 saturated heterocycles. The fourth-order valence-electron chi connectivity index (χ4n) is 6.20. The fraction of sp³-hybridized carbons (Fsp3) is 0.441. The van der Waals surface area contributed by atoms with E-state index in [1.54, 1.807) is 0 Å². The van der Waals surface area contributed by atoms with Crippen LogP contribution < -0.4 is 16.2 Å². The lowest BCUT2D eigenvalue weighted by Gasteiger charge is -2.54. The Bertz CT molecular complexity index is 1250. The topological polar surface area (TPSA) is 76.6 Å². The Morgan fingerprint density at radius 3 is 2.41 bits per heavy atom. The van der Waals surface area contributed by atoms with Crippen LogP contribution in [0.2, 0.25) is 0 Å². The highest BCUT2D eigenvalue weighted by molar-refractivity contribution is 8.93. The van der Waals surface area contributed by atoms with Gasteiger partial charge < -0.3 is 10.4 Å². The lowest BCUT2D eigenvalue weighted by molar-refractivity contribution is 0.0322. The molecule has 0 radical (unpaired) electrons. The molecule has 3 aromatic carbocycles. The Kier molecular flexibility index (Phi) is 12.0. The minimum atomic E-state index is -0.0249. The number of carbonyl (C=O) groups is 1. The number of fused-ring (bicyclic) bond motifs is 4. The highest BCUT2D eigenvalue weighted by Gasteiger charge is 2.48. The molecule has 5 rings (SSSR count). The summed E-state index contributed by atoms with van der Waals surface area (Å²) >= 11 is 0. The van der Waals surface area contributed by atoms with Crippen LogP contribution in [0.5, 0.6) is 5.75 Å². The van der Waals surface area contributed by atoms with Crippen molar-refractivity contribution in [2.45, 2.75) is 71.0 Å². The highest BCUT2D eigenvalue weighted by atomic mass is 79.9. The molecular weight excluding hydrogens is 576 g/mol. The molecule has 2 bridgehead atoms. The van der Waals surface area contributed by atoms with Crippen LogP contribution in [-0.2, 0) is 24.8 Å². The summed E-state index contributed by atoms with van der Waals surface area (Å²) in [5, 5.41) is 12.8. The van der Waals surface area contributed by atoms with E-state index in [0.717, 1.165) is 38.0 Å².